The number of fused-ring (bicyclic) bond motifs is 2. The molecule has 30 heteroatoms. The van der Waals surface area contributed by atoms with Crippen molar-refractivity contribution in [1.82, 2.24) is 0 Å². The van der Waals surface area contributed by atoms with E-state index < -0.39 is 79.1 Å². The number of nitrogens with one attached hydrogen (secondary N) is 2. The first-order valence-electron chi connectivity index (χ1n) is 28.5. The van der Waals surface area contributed by atoms with Crippen LogP contribution in [0.1, 0.15) is 62.1 Å². The number of phenolic OH excluding ortho intramolecular Hbond substituents is 1. The number of carbonyl (C=O) groups is 1. The van der Waals surface area contributed by atoms with Gasteiger partial charge in [-0.05, 0) is 208 Å². The topological polar surface area (TPSA) is 396 Å². The Labute approximate surface area is 541 Å². The Morgan fingerprint density at radius 3 is 1.39 bits per heavy atom. The van der Waals surface area contributed by atoms with Crippen molar-refractivity contribution in [2.45, 2.75) is 71.1 Å². The number of aromatic hydroxyl groups is 1. The van der Waals surface area contributed by atoms with Gasteiger partial charge in [0.2, 0.25) is 0 Å². The largest absolute Gasteiger partial charge is 0.505 e. The van der Waals surface area contributed by atoms with Crippen molar-refractivity contribution < 1.29 is 71.3 Å². The highest BCUT2D eigenvalue weighted by atomic mass is 32.2. The lowest BCUT2D eigenvalue weighted by Crippen LogP contribution is -2.13. The van der Waals surface area contributed by atoms with Crippen molar-refractivity contribution >= 4 is 130 Å². The molecule has 0 saturated heterocycles. The molecule has 7 N–H and O–H groups in total. The average molecular weight is 1360 g/mol. The first-order valence-corrected chi connectivity index (χ1v) is 34.6. The maximum absolute atomic E-state index is 13.8. The Morgan fingerprint density at radius 1 is 0.426 bits per heavy atom. The predicted molar refractivity (Wildman–Crippen MR) is 356 cm³/mol. The lowest BCUT2D eigenvalue weighted by molar-refractivity contribution is 0.102. The van der Waals surface area contributed by atoms with E-state index in [9.17, 15) is 57.2 Å². The maximum atomic E-state index is 13.8. The Hall–Kier alpha value is -9.79. The van der Waals surface area contributed by atoms with Gasteiger partial charge in [-0.1, -0.05) is 24.3 Å². The van der Waals surface area contributed by atoms with E-state index in [0.29, 0.717) is 84.1 Å². The number of aryl methyl sites for hydroxylation is 7. The lowest BCUT2D eigenvalue weighted by atomic mass is 10.0. The van der Waals surface area contributed by atoms with Gasteiger partial charge in [-0.15, -0.1) is 10.2 Å². The van der Waals surface area contributed by atoms with Gasteiger partial charge in [0.1, 0.15) is 32.7 Å². The second kappa shape index (κ2) is 28.2. The molecule has 0 aliphatic heterocycles. The molecule has 0 radical (unpaired) electrons. The van der Waals surface area contributed by atoms with E-state index in [0.717, 1.165) is 11.8 Å². The predicted octanol–water partition coefficient (Wildman–Crippen LogP) is 16.3. The zero-order valence-electron chi connectivity index (χ0n) is 51.4. The molecule has 1 amide bonds. The van der Waals surface area contributed by atoms with Crippen LogP contribution in [-0.2, 0) is 40.5 Å². The molecule has 0 bridgehead atoms. The molecular formula is C64H62N10O16S4. The van der Waals surface area contributed by atoms with Crippen molar-refractivity contribution in [2.24, 2.45) is 40.9 Å². The summed E-state index contributed by atoms with van der Waals surface area (Å²) in [7, 11) is -18.2. The van der Waals surface area contributed by atoms with E-state index >= 15 is 0 Å². The number of azo groups is 4. The molecule has 9 aromatic carbocycles. The molecular weight excluding hydrogens is 1290 g/mol. The Balaban J connectivity index is 0.906. The van der Waals surface area contributed by atoms with Crippen molar-refractivity contribution in [1.29, 1.82) is 0 Å². The summed E-state index contributed by atoms with van der Waals surface area (Å²) >= 11 is 0. The molecule has 0 saturated carbocycles. The van der Waals surface area contributed by atoms with Crippen LogP contribution in [0, 0.1) is 48.5 Å². The van der Waals surface area contributed by atoms with Gasteiger partial charge in [0.05, 0.1) is 58.8 Å². The standard InChI is InChI=1S/C64H62N10O16S4/c1-36-24-52(37(2)23-51(36)64(76)66-47-15-17-49-43(30-47)32-48(34-60(49)93(83,84)85)89-19-11-21-91(77,78)79)67-71-57-35-59(90-20-12-22-92(80,81)82)58(29-42(57)7)73-70-55-26-38(3)53(25-39(55)4)68-69-54-27-41(6)56(28-40(54)5)72-74-62-61(94(86,87)88)33-44-31-46(16-18-50(44)63(62)75)65-45-13-9-8-10-14-45/h8-10,13-18,23-35,65,75H,11-12,19-22H2,1-7H3,(H,66,76)(H,77,78,79)(H,80,81,82)(H,83,84,85)(H,86,87,88). The minimum atomic E-state index is -4.88. The number of amides is 1. The number of nitrogens with zero attached hydrogens (tertiary/aromatic N) is 8. The first kappa shape index (κ1) is 68.6. The zero-order valence-corrected chi connectivity index (χ0v) is 54.6. The molecule has 0 aliphatic rings. The molecule has 0 heterocycles. The van der Waals surface area contributed by atoms with E-state index in [1.165, 1.54) is 30.3 Å². The second-order valence-corrected chi connectivity index (χ2v) is 27.9. The molecule has 0 unspecified atom stereocenters. The van der Waals surface area contributed by atoms with Crippen LogP contribution in [0.5, 0.6) is 17.2 Å². The van der Waals surface area contributed by atoms with Gasteiger partial charge < -0.3 is 25.2 Å². The van der Waals surface area contributed by atoms with Gasteiger partial charge in [-0.2, -0.15) is 64.4 Å². The van der Waals surface area contributed by atoms with Crippen LogP contribution in [0.2, 0.25) is 0 Å². The second-order valence-electron chi connectivity index (χ2n) is 21.9. The number of benzene rings is 9. The molecule has 0 spiro atoms. The third-order valence-corrected chi connectivity index (χ3v) is 18.0. The summed E-state index contributed by atoms with van der Waals surface area (Å²) < 4.78 is 146. The fourth-order valence-electron chi connectivity index (χ4n) is 9.69. The van der Waals surface area contributed by atoms with E-state index in [-0.39, 0.29) is 70.7 Å². The molecule has 488 valence electrons. The summed E-state index contributed by atoms with van der Waals surface area (Å²) in [6.07, 6.45) is -0.172. The summed E-state index contributed by atoms with van der Waals surface area (Å²) in [6.45, 7) is 12.0. The number of anilines is 3. The van der Waals surface area contributed by atoms with E-state index in [4.69, 9.17) is 14.0 Å². The first-order chi connectivity index (χ1) is 44.3. The van der Waals surface area contributed by atoms with Crippen molar-refractivity contribution in [3.8, 4) is 17.2 Å². The average Bonchev–Trinajstić information content (AvgIpc) is 0.776. The summed E-state index contributed by atoms with van der Waals surface area (Å²) in [6, 6.07) is 35.7. The summed E-state index contributed by atoms with van der Waals surface area (Å²) in [5.74, 6) is -2.02. The minimum Gasteiger partial charge on any atom is -0.505 e. The molecule has 0 aliphatic carbocycles. The van der Waals surface area contributed by atoms with Crippen molar-refractivity contribution in [3.63, 3.8) is 0 Å². The summed E-state index contributed by atoms with van der Waals surface area (Å²) in [4.78, 5) is 12.6. The SMILES string of the molecule is Cc1cc(N=Nc2cc(C)c(N=Nc3cc(C)c(C(=O)Nc4ccc5c(S(=O)(=O)O)cc(OCCCS(=O)(=O)O)cc5c4)cc3C)cc2OCCCS(=O)(=O)O)c(C)cc1N=Nc1cc(C)c(N=Nc2c(S(=O)(=O)O)cc3cc(Nc4ccccc4)ccc3c2O)cc1C. The fourth-order valence-corrected chi connectivity index (χ4v) is 12.0. The van der Waals surface area contributed by atoms with Gasteiger partial charge >= 0.3 is 0 Å². The third kappa shape index (κ3) is 17.5. The highest BCUT2D eigenvalue weighted by Crippen LogP contribution is 2.44. The van der Waals surface area contributed by atoms with Crippen LogP contribution in [-0.4, -0.2) is 87.6 Å². The van der Waals surface area contributed by atoms with Crippen LogP contribution < -0.4 is 20.1 Å². The van der Waals surface area contributed by atoms with Crippen molar-refractivity contribution in [2.75, 3.05) is 35.4 Å². The van der Waals surface area contributed by atoms with Crippen LogP contribution >= 0.6 is 0 Å². The van der Waals surface area contributed by atoms with E-state index in [1.54, 1.807) is 101 Å². The van der Waals surface area contributed by atoms with Crippen LogP contribution in [0.15, 0.2) is 184 Å². The number of ether oxygens (including phenoxy) is 2. The van der Waals surface area contributed by atoms with Gasteiger partial charge in [0.15, 0.2) is 5.75 Å². The highest BCUT2D eigenvalue weighted by Gasteiger charge is 2.24. The molecule has 94 heavy (non-hydrogen) atoms. The molecule has 9 aromatic rings. The Morgan fingerprint density at radius 2 is 0.862 bits per heavy atom. The zero-order chi connectivity index (χ0) is 68.0. The number of hydrogen-bond acceptors (Lipinski definition) is 21. The third-order valence-electron chi connectivity index (χ3n) is 14.6. The monoisotopic (exact) mass is 1350 g/mol. The van der Waals surface area contributed by atoms with Gasteiger partial charge in [-0.3, -0.25) is 23.0 Å². The summed E-state index contributed by atoms with van der Waals surface area (Å²) in [5.41, 5.74) is 8.54. The summed E-state index contributed by atoms with van der Waals surface area (Å²) in [5, 5.41) is 53.9. The smallest absolute Gasteiger partial charge is 0.296 e. The molecule has 0 fully saturated rings. The molecule has 0 atom stereocenters. The Kier molecular flexibility index (Phi) is 20.6. The normalized spacial score (nSPS) is 12.5. The van der Waals surface area contributed by atoms with Gasteiger partial charge in [-0.25, -0.2) is 0 Å². The highest BCUT2D eigenvalue weighted by molar-refractivity contribution is 7.86. The Bertz CT molecular complexity index is 5110. The molecule has 9 rings (SSSR count). The molecule has 26 nitrogen and oxygen atoms in total. The lowest BCUT2D eigenvalue weighted by Gasteiger charge is -2.13. The number of carbonyl (C=O) groups excluding carboxylic acids is 1. The van der Waals surface area contributed by atoms with Crippen LogP contribution in [0.4, 0.5) is 62.6 Å². The van der Waals surface area contributed by atoms with Crippen LogP contribution in [0.3, 0.4) is 0 Å². The van der Waals surface area contributed by atoms with E-state index in [2.05, 4.69) is 51.5 Å². The van der Waals surface area contributed by atoms with Crippen molar-refractivity contribution in [3.05, 3.63) is 178 Å². The minimum absolute atomic E-state index is 0.0177. The fraction of sp³-hybridized carbons (Fsp3) is 0.203. The van der Waals surface area contributed by atoms with Crippen LogP contribution in [0.25, 0.3) is 21.5 Å². The maximum Gasteiger partial charge on any atom is 0.296 e. The number of para-hydroxylation sites is 1. The van der Waals surface area contributed by atoms with Gasteiger partial charge in [0.25, 0.3) is 46.4 Å². The van der Waals surface area contributed by atoms with Gasteiger partial charge in [0, 0.05) is 45.5 Å². The number of hydrogen-bond donors (Lipinski definition) is 7. The van der Waals surface area contributed by atoms with E-state index in [1.807, 2.05) is 44.2 Å². The molecule has 0 aromatic heterocycles. The number of phenols is 1. The number of rotatable bonds is 24. The quantitative estimate of drug-likeness (QED) is 0.0168.